The van der Waals surface area contributed by atoms with Crippen molar-refractivity contribution in [3.8, 4) is 0 Å². The van der Waals surface area contributed by atoms with Gasteiger partial charge in [-0.2, -0.15) is 0 Å². The second-order valence-corrected chi connectivity index (χ2v) is 10.2. The molecule has 3 fully saturated rings. The van der Waals surface area contributed by atoms with Crippen molar-refractivity contribution in [2.75, 3.05) is 6.61 Å². The third kappa shape index (κ3) is 2.57. The molecule has 4 aliphatic carbocycles. The molecule has 26 heavy (non-hydrogen) atoms. The van der Waals surface area contributed by atoms with E-state index in [1.807, 2.05) is 6.08 Å². The topological polar surface area (TPSA) is 57.5 Å². The highest BCUT2D eigenvalue weighted by Gasteiger charge is 2.63. The van der Waals surface area contributed by atoms with Crippen LogP contribution in [-0.4, -0.2) is 28.2 Å². The van der Waals surface area contributed by atoms with Crippen LogP contribution < -0.4 is 0 Å². The molecule has 2 N–H and O–H groups in total. The van der Waals surface area contributed by atoms with Gasteiger partial charge >= 0.3 is 0 Å². The second-order valence-electron chi connectivity index (χ2n) is 10.2. The van der Waals surface area contributed by atoms with Crippen molar-refractivity contribution in [1.29, 1.82) is 0 Å². The summed E-state index contributed by atoms with van der Waals surface area (Å²) in [5.41, 5.74) is 1.13. The van der Waals surface area contributed by atoms with Crippen molar-refractivity contribution in [3.63, 3.8) is 0 Å². The lowest BCUT2D eigenvalue weighted by Crippen LogP contribution is -2.54. The van der Waals surface area contributed by atoms with Crippen molar-refractivity contribution < 1.29 is 15.0 Å². The largest absolute Gasteiger partial charge is 0.396 e. The predicted molar refractivity (Wildman–Crippen MR) is 103 cm³/mol. The molecule has 0 bridgehead atoms. The summed E-state index contributed by atoms with van der Waals surface area (Å²) in [6, 6.07) is 0. The summed E-state index contributed by atoms with van der Waals surface area (Å²) >= 11 is 0. The van der Waals surface area contributed by atoms with Crippen LogP contribution >= 0.6 is 0 Å². The molecule has 4 rings (SSSR count). The highest BCUT2D eigenvalue weighted by Crippen LogP contribution is 2.68. The van der Waals surface area contributed by atoms with Gasteiger partial charge in [-0.15, -0.1) is 0 Å². The molecule has 0 aromatic carbocycles. The maximum Gasteiger partial charge on any atom is 0.155 e. The van der Waals surface area contributed by atoms with E-state index in [9.17, 15) is 9.90 Å². The molecule has 0 aromatic rings. The van der Waals surface area contributed by atoms with E-state index in [4.69, 9.17) is 5.11 Å². The Hall–Kier alpha value is -0.670. The molecule has 3 saturated carbocycles. The van der Waals surface area contributed by atoms with Crippen molar-refractivity contribution in [2.24, 2.45) is 28.6 Å². The van der Waals surface area contributed by atoms with Crippen LogP contribution in [0.25, 0.3) is 0 Å². The van der Waals surface area contributed by atoms with E-state index < -0.39 is 5.60 Å². The monoisotopic (exact) mass is 360 g/mol. The zero-order chi connectivity index (χ0) is 18.6. The van der Waals surface area contributed by atoms with E-state index in [0.29, 0.717) is 23.5 Å². The lowest BCUT2D eigenvalue weighted by atomic mass is 9.46. The van der Waals surface area contributed by atoms with Crippen molar-refractivity contribution >= 4 is 5.78 Å². The number of hydrogen-bond donors (Lipinski definition) is 2. The lowest BCUT2D eigenvalue weighted by Gasteiger charge is -2.59. The number of aliphatic hydroxyl groups is 2. The van der Waals surface area contributed by atoms with E-state index in [-0.39, 0.29) is 17.4 Å². The molecular formula is C23H36O3. The summed E-state index contributed by atoms with van der Waals surface area (Å²) in [6.45, 7) is 5.01. The molecule has 0 amide bonds. The van der Waals surface area contributed by atoms with E-state index in [1.54, 1.807) is 0 Å². The molecule has 0 saturated heterocycles. The third-order valence-electron chi connectivity index (χ3n) is 9.28. The number of carbonyl (C=O) groups excluding carboxylic acids is 1. The van der Waals surface area contributed by atoms with Crippen molar-refractivity contribution in [1.82, 2.24) is 0 Å². The number of carbonyl (C=O) groups is 1. The summed E-state index contributed by atoms with van der Waals surface area (Å²) in [5.74, 6) is 2.34. The van der Waals surface area contributed by atoms with Crippen LogP contribution in [0, 0.1) is 28.6 Å². The van der Waals surface area contributed by atoms with Gasteiger partial charge in [-0.3, -0.25) is 4.79 Å². The van der Waals surface area contributed by atoms with Gasteiger partial charge in [0.1, 0.15) is 0 Å². The fourth-order valence-electron chi connectivity index (χ4n) is 7.61. The summed E-state index contributed by atoms with van der Waals surface area (Å²) in [6.07, 6.45) is 13.0. The van der Waals surface area contributed by atoms with Crippen LogP contribution in [0.3, 0.4) is 0 Å². The molecule has 146 valence electrons. The Balaban J connectivity index is 1.58. The third-order valence-corrected chi connectivity index (χ3v) is 9.28. The second kappa shape index (κ2) is 6.44. The molecule has 0 aromatic heterocycles. The Morgan fingerprint density at radius 3 is 2.58 bits per heavy atom. The predicted octanol–water partition coefficient (Wildman–Crippen LogP) is 4.41. The van der Waals surface area contributed by atoms with Crippen LogP contribution in [0.1, 0.15) is 84.5 Å². The molecular weight excluding hydrogens is 324 g/mol. The van der Waals surface area contributed by atoms with Crippen LogP contribution in [-0.2, 0) is 4.79 Å². The molecule has 1 unspecified atom stereocenters. The first-order valence-corrected chi connectivity index (χ1v) is 10.9. The molecule has 0 spiro atoms. The zero-order valence-electron chi connectivity index (χ0n) is 16.6. The fraction of sp³-hybridized carbons (Fsp3) is 0.870. The van der Waals surface area contributed by atoms with Gasteiger partial charge in [-0.25, -0.2) is 0 Å². The number of fused-ring (bicyclic) bond motifs is 5. The van der Waals surface area contributed by atoms with Crippen LogP contribution in [0.5, 0.6) is 0 Å². The molecule has 0 heterocycles. The Morgan fingerprint density at radius 1 is 1.04 bits per heavy atom. The minimum absolute atomic E-state index is 0.0334. The summed E-state index contributed by atoms with van der Waals surface area (Å²) in [4.78, 5) is 11.9. The van der Waals surface area contributed by atoms with Crippen molar-refractivity contribution in [2.45, 2.75) is 90.1 Å². The van der Waals surface area contributed by atoms with Crippen LogP contribution in [0.2, 0.25) is 0 Å². The standard InChI is InChI=1S/C23H36O3/c1-21-11-7-17(25)15-16(21)5-6-18-19(21)8-12-22(2)20(18)9-13-23(22,26)10-3-4-14-24/h15,18-20,24,26H,3-14H2,1-2H3/t18-,19-,20+,21+,22+,23?/m1/s1. The molecule has 3 heteroatoms. The quantitative estimate of drug-likeness (QED) is 0.730. The lowest BCUT2D eigenvalue weighted by molar-refractivity contribution is -0.133. The average molecular weight is 361 g/mol. The first-order chi connectivity index (χ1) is 12.3. The van der Waals surface area contributed by atoms with Crippen LogP contribution in [0.4, 0.5) is 0 Å². The number of hydrogen-bond acceptors (Lipinski definition) is 3. The van der Waals surface area contributed by atoms with E-state index >= 15 is 0 Å². The van der Waals surface area contributed by atoms with E-state index in [2.05, 4.69) is 13.8 Å². The van der Waals surface area contributed by atoms with Gasteiger partial charge < -0.3 is 10.2 Å². The van der Waals surface area contributed by atoms with Gasteiger partial charge in [0.05, 0.1) is 5.60 Å². The number of unbranched alkanes of at least 4 members (excludes halogenated alkanes) is 1. The highest BCUT2D eigenvalue weighted by molar-refractivity contribution is 5.91. The van der Waals surface area contributed by atoms with E-state index in [0.717, 1.165) is 57.8 Å². The average Bonchev–Trinajstić information content (AvgIpc) is 2.87. The van der Waals surface area contributed by atoms with Gasteiger partial charge in [0.15, 0.2) is 5.78 Å². The molecule has 4 aliphatic rings. The minimum Gasteiger partial charge on any atom is -0.396 e. The van der Waals surface area contributed by atoms with Gasteiger partial charge in [-0.05, 0) is 98.9 Å². The van der Waals surface area contributed by atoms with Crippen LogP contribution in [0.15, 0.2) is 11.6 Å². The fourth-order valence-corrected chi connectivity index (χ4v) is 7.61. The maximum absolute atomic E-state index is 11.9. The minimum atomic E-state index is -0.544. The number of ketones is 1. The summed E-state index contributed by atoms with van der Waals surface area (Å²) < 4.78 is 0. The summed E-state index contributed by atoms with van der Waals surface area (Å²) in [5, 5.41) is 20.7. The Labute approximate surface area is 158 Å². The molecule has 0 radical (unpaired) electrons. The molecule has 6 atom stereocenters. The SMILES string of the molecule is C[C@]12CCC(=O)C=C1CC[C@@H]1[C@H]2CC[C@@]2(C)[C@H]1CCC2(O)CCCCO. The van der Waals surface area contributed by atoms with E-state index in [1.165, 1.54) is 18.4 Å². The normalized spacial score (nSPS) is 47.8. The number of aliphatic hydroxyl groups excluding tert-OH is 1. The van der Waals surface area contributed by atoms with Gasteiger partial charge in [-0.1, -0.05) is 19.4 Å². The van der Waals surface area contributed by atoms with Crippen molar-refractivity contribution in [3.05, 3.63) is 11.6 Å². The number of allylic oxidation sites excluding steroid dienone is 1. The zero-order valence-corrected chi connectivity index (χ0v) is 16.6. The number of rotatable bonds is 4. The summed E-state index contributed by atoms with van der Waals surface area (Å²) in [7, 11) is 0. The molecule has 3 nitrogen and oxygen atoms in total. The van der Waals surface area contributed by atoms with Gasteiger partial charge in [0.2, 0.25) is 0 Å². The Kier molecular flexibility index (Phi) is 4.63. The molecule has 0 aliphatic heterocycles. The Bertz CT molecular complexity index is 611. The first-order valence-electron chi connectivity index (χ1n) is 10.9. The first kappa shape index (κ1) is 18.7. The highest BCUT2D eigenvalue weighted by atomic mass is 16.3. The van der Waals surface area contributed by atoms with Gasteiger partial charge in [0, 0.05) is 13.0 Å². The van der Waals surface area contributed by atoms with Gasteiger partial charge in [0.25, 0.3) is 0 Å². The Morgan fingerprint density at radius 2 is 1.81 bits per heavy atom. The smallest absolute Gasteiger partial charge is 0.155 e. The maximum atomic E-state index is 11.9.